The van der Waals surface area contributed by atoms with Crippen LogP contribution in [0.1, 0.15) is 59.3 Å². The number of hydrogen-bond acceptors (Lipinski definition) is 3. The summed E-state index contributed by atoms with van der Waals surface area (Å²) in [5.74, 6) is 1.34. The van der Waals surface area contributed by atoms with Crippen LogP contribution in [0.4, 0.5) is 0 Å². The van der Waals surface area contributed by atoms with Gasteiger partial charge in [0, 0.05) is 5.41 Å². The molecule has 0 saturated heterocycles. The monoisotopic (exact) mass is 330 g/mol. The molecule has 4 rings (SSSR count). The minimum absolute atomic E-state index is 0.314. The molecule has 7 atom stereocenters. The van der Waals surface area contributed by atoms with Crippen molar-refractivity contribution in [2.75, 3.05) is 0 Å². The number of rotatable bonds is 0. The molecule has 3 fully saturated rings. The maximum absolute atomic E-state index is 12.0. The predicted octanol–water partition coefficient (Wildman–Crippen LogP) is 3.41. The molecule has 2 N–H and O–H groups in total. The third kappa shape index (κ3) is 1.89. The molecule has 0 aromatic rings. The molecular formula is C21H30O3. The Bertz CT molecular complexity index is 633. The molecular weight excluding hydrogens is 300 g/mol. The molecule has 3 nitrogen and oxygen atoms in total. The van der Waals surface area contributed by atoms with Gasteiger partial charge in [-0.25, -0.2) is 0 Å². The highest BCUT2D eigenvalue weighted by Crippen LogP contribution is 2.66. The molecule has 0 aromatic heterocycles. The molecule has 0 spiro atoms. The van der Waals surface area contributed by atoms with E-state index in [9.17, 15) is 15.0 Å². The van der Waals surface area contributed by atoms with Gasteiger partial charge in [-0.2, -0.15) is 0 Å². The number of fused-ring (bicyclic) bond motifs is 5. The number of aliphatic hydroxyl groups is 2. The van der Waals surface area contributed by atoms with Crippen LogP contribution in [0.3, 0.4) is 0 Å². The first-order chi connectivity index (χ1) is 11.3. The Hall–Kier alpha value is -0.930. The number of aliphatic hydroxyl groups excluding tert-OH is 2. The smallest absolute Gasteiger partial charge is 0.186 e. The zero-order valence-electron chi connectivity index (χ0n) is 15.1. The van der Waals surface area contributed by atoms with Crippen molar-refractivity contribution in [1.82, 2.24) is 0 Å². The zero-order chi connectivity index (χ0) is 17.3. The van der Waals surface area contributed by atoms with Gasteiger partial charge in [-0.15, -0.1) is 0 Å². The number of allylic oxidation sites excluding steroid dienone is 2. The van der Waals surface area contributed by atoms with Crippen LogP contribution in [-0.4, -0.2) is 28.2 Å². The summed E-state index contributed by atoms with van der Waals surface area (Å²) in [4.78, 5) is 12.0. The van der Waals surface area contributed by atoms with E-state index in [4.69, 9.17) is 0 Å². The summed E-state index contributed by atoms with van der Waals surface area (Å²) in [6.45, 7) is 6.72. The topological polar surface area (TPSA) is 57.5 Å². The summed E-state index contributed by atoms with van der Waals surface area (Å²) in [6.07, 6.45) is 8.50. The van der Waals surface area contributed by atoms with Gasteiger partial charge in [0.05, 0.1) is 6.10 Å². The Morgan fingerprint density at radius 2 is 1.88 bits per heavy atom. The summed E-state index contributed by atoms with van der Waals surface area (Å²) in [7, 11) is 0. The fraction of sp³-hybridized carbons (Fsp3) is 0.762. The molecule has 0 radical (unpaired) electrons. The van der Waals surface area contributed by atoms with Crippen LogP contribution in [0.15, 0.2) is 23.3 Å². The first kappa shape index (κ1) is 16.5. The Morgan fingerprint density at radius 3 is 2.58 bits per heavy atom. The Morgan fingerprint density at radius 1 is 1.12 bits per heavy atom. The van der Waals surface area contributed by atoms with E-state index in [1.54, 1.807) is 11.6 Å². The molecule has 132 valence electrons. The molecule has 2 unspecified atom stereocenters. The summed E-state index contributed by atoms with van der Waals surface area (Å²) in [5.41, 5.74) is 2.59. The highest BCUT2D eigenvalue weighted by Gasteiger charge is 2.61. The van der Waals surface area contributed by atoms with E-state index < -0.39 is 17.6 Å². The van der Waals surface area contributed by atoms with E-state index >= 15 is 0 Å². The molecule has 3 saturated carbocycles. The standard InChI is InChI=1S/C21H30O3/c1-4-12-6-8-15-14-7-5-13-11-17(22)18(23)19(24)21(13,3)16(14)9-10-20(12,15)2/h4,11,14-16,18-19,23-24H,5-10H2,1-3H3/t14-,15-,16-,18?,19?,20+,21-/m0/s1. The van der Waals surface area contributed by atoms with Crippen LogP contribution in [-0.2, 0) is 4.79 Å². The van der Waals surface area contributed by atoms with Gasteiger partial charge in [-0.1, -0.05) is 31.1 Å². The average Bonchev–Trinajstić information content (AvgIpc) is 2.91. The Kier molecular flexibility index (Phi) is 3.64. The maximum Gasteiger partial charge on any atom is 0.186 e. The van der Waals surface area contributed by atoms with E-state index in [2.05, 4.69) is 26.8 Å². The molecule has 0 bridgehead atoms. The first-order valence-electron chi connectivity index (χ1n) is 9.60. The van der Waals surface area contributed by atoms with Crippen molar-refractivity contribution in [3.63, 3.8) is 0 Å². The molecule has 0 amide bonds. The lowest BCUT2D eigenvalue weighted by Crippen LogP contribution is -2.58. The van der Waals surface area contributed by atoms with Crippen molar-refractivity contribution in [2.24, 2.45) is 28.6 Å². The van der Waals surface area contributed by atoms with Crippen LogP contribution >= 0.6 is 0 Å². The van der Waals surface area contributed by atoms with Crippen LogP contribution in [0.5, 0.6) is 0 Å². The fourth-order valence-corrected chi connectivity index (χ4v) is 6.96. The van der Waals surface area contributed by atoms with E-state index in [1.807, 2.05) is 0 Å². The summed E-state index contributed by atoms with van der Waals surface area (Å²) < 4.78 is 0. The minimum atomic E-state index is -1.25. The second-order valence-corrected chi connectivity index (χ2v) is 8.97. The van der Waals surface area contributed by atoms with Gasteiger partial charge in [0.25, 0.3) is 0 Å². The molecule has 0 aromatic carbocycles. The minimum Gasteiger partial charge on any atom is -0.389 e. The van der Waals surface area contributed by atoms with Crippen molar-refractivity contribution in [1.29, 1.82) is 0 Å². The van der Waals surface area contributed by atoms with E-state index in [1.165, 1.54) is 12.8 Å². The third-order valence-electron chi connectivity index (χ3n) is 8.36. The van der Waals surface area contributed by atoms with Crippen LogP contribution in [0, 0.1) is 28.6 Å². The number of hydrogen-bond donors (Lipinski definition) is 2. The van der Waals surface area contributed by atoms with Gasteiger partial charge in [-0.3, -0.25) is 4.79 Å². The van der Waals surface area contributed by atoms with Crippen LogP contribution < -0.4 is 0 Å². The third-order valence-corrected chi connectivity index (χ3v) is 8.36. The van der Waals surface area contributed by atoms with Gasteiger partial charge in [0.15, 0.2) is 5.78 Å². The van der Waals surface area contributed by atoms with Crippen molar-refractivity contribution < 1.29 is 15.0 Å². The zero-order valence-corrected chi connectivity index (χ0v) is 15.1. The number of ketones is 1. The van der Waals surface area contributed by atoms with E-state index in [0.717, 1.165) is 31.3 Å². The average molecular weight is 330 g/mol. The predicted molar refractivity (Wildman–Crippen MR) is 93.2 cm³/mol. The molecule has 0 heterocycles. The van der Waals surface area contributed by atoms with Gasteiger partial charge in [-0.05, 0) is 74.7 Å². The lowest BCUT2D eigenvalue weighted by atomic mass is 9.46. The van der Waals surface area contributed by atoms with Crippen molar-refractivity contribution in [3.05, 3.63) is 23.3 Å². The van der Waals surface area contributed by atoms with Crippen LogP contribution in [0.25, 0.3) is 0 Å². The van der Waals surface area contributed by atoms with Crippen molar-refractivity contribution in [3.8, 4) is 0 Å². The Labute approximate surface area is 144 Å². The lowest BCUT2D eigenvalue weighted by Gasteiger charge is -2.59. The molecule has 4 aliphatic carbocycles. The second-order valence-electron chi connectivity index (χ2n) is 8.97. The van der Waals surface area contributed by atoms with Gasteiger partial charge in [0.2, 0.25) is 0 Å². The SMILES string of the molecule is CC=C1CC[C@H]2[C@@H]3CCC4=CC(=O)C(O)C(O)[C@]4(C)[C@H]3CC[C@]12C. The summed E-state index contributed by atoms with van der Waals surface area (Å²) >= 11 is 0. The summed E-state index contributed by atoms with van der Waals surface area (Å²) in [6, 6.07) is 0. The molecule has 4 aliphatic rings. The van der Waals surface area contributed by atoms with Crippen molar-refractivity contribution >= 4 is 5.78 Å². The van der Waals surface area contributed by atoms with Gasteiger partial charge in [0.1, 0.15) is 6.10 Å². The molecule has 3 heteroatoms. The maximum atomic E-state index is 12.0. The largest absolute Gasteiger partial charge is 0.389 e. The van der Waals surface area contributed by atoms with Gasteiger partial charge >= 0.3 is 0 Å². The quantitative estimate of drug-likeness (QED) is 0.669. The number of carbonyl (C=O) groups is 1. The highest BCUT2D eigenvalue weighted by atomic mass is 16.3. The van der Waals surface area contributed by atoms with Crippen LogP contribution in [0.2, 0.25) is 0 Å². The van der Waals surface area contributed by atoms with Gasteiger partial charge < -0.3 is 10.2 Å². The molecule has 0 aliphatic heterocycles. The molecule has 24 heavy (non-hydrogen) atoms. The summed E-state index contributed by atoms with van der Waals surface area (Å²) in [5, 5.41) is 21.0. The van der Waals surface area contributed by atoms with E-state index in [0.29, 0.717) is 23.2 Å². The highest BCUT2D eigenvalue weighted by molar-refractivity contribution is 5.96. The fourth-order valence-electron chi connectivity index (χ4n) is 6.96. The van der Waals surface area contributed by atoms with Crippen molar-refractivity contribution in [2.45, 2.75) is 71.5 Å². The second kappa shape index (κ2) is 5.28. The Balaban J connectivity index is 1.74. The lowest BCUT2D eigenvalue weighted by molar-refractivity contribution is -0.148. The number of carbonyl (C=O) groups excluding carboxylic acids is 1. The van der Waals surface area contributed by atoms with E-state index in [-0.39, 0.29) is 5.78 Å². The first-order valence-corrected chi connectivity index (χ1v) is 9.60. The normalized spacial score (nSPS) is 52.5.